The van der Waals surface area contributed by atoms with Gasteiger partial charge in [-0.25, -0.2) is 5.43 Å². The fourth-order valence-electron chi connectivity index (χ4n) is 3.23. The lowest BCUT2D eigenvalue weighted by atomic mass is 10.1. The number of rotatable bonds is 11. The molecule has 3 aromatic carbocycles. The fraction of sp³-hybridized carbons (Fsp3) is 0.192. The van der Waals surface area contributed by atoms with Gasteiger partial charge in [-0.1, -0.05) is 35.9 Å². The first-order chi connectivity index (χ1) is 17.8. The number of para-hydroxylation sites is 1. The lowest BCUT2D eigenvalue weighted by Gasteiger charge is -2.14. The molecular formula is C26H25BrN4O6. The third kappa shape index (κ3) is 8.14. The van der Waals surface area contributed by atoms with Crippen molar-refractivity contribution in [2.45, 2.75) is 20.3 Å². The van der Waals surface area contributed by atoms with Gasteiger partial charge in [-0.05, 0) is 54.0 Å². The number of hydrogen-bond acceptors (Lipinski definition) is 7. The minimum Gasteiger partial charge on any atom is -0.490 e. The Labute approximate surface area is 222 Å². The zero-order valence-corrected chi connectivity index (χ0v) is 21.8. The van der Waals surface area contributed by atoms with E-state index in [0.29, 0.717) is 33.8 Å². The van der Waals surface area contributed by atoms with Gasteiger partial charge < -0.3 is 14.8 Å². The van der Waals surface area contributed by atoms with Crippen molar-refractivity contribution in [3.63, 3.8) is 0 Å². The number of carbonyl (C=O) groups excluding carboxylic acids is 2. The number of anilines is 1. The standard InChI is InChI=1S/C26H25BrN4O6/c1-3-36-23-12-19(15-28-30-25(32)13-18-6-4-5-7-22(18)31(34)35)21(27)14-24(23)37-16-26(33)29-20-10-8-17(2)9-11-20/h4-12,14-15H,3,13,16H2,1-2H3,(H,29,33)(H,30,32)/b28-15+. The number of ether oxygens (including phenoxy) is 2. The van der Waals surface area contributed by atoms with Crippen molar-refractivity contribution in [3.8, 4) is 11.5 Å². The third-order valence-electron chi connectivity index (χ3n) is 4.99. The van der Waals surface area contributed by atoms with Crippen LogP contribution in [0.1, 0.15) is 23.6 Å². The lowest BCUT2D eigenvalue weighted by molar-refractivity contribution is -0.385. The smallest absolute Gasteiger partial charge is 0.273 e. The van der Waals surface area contributed by atoms with Crippen molar-refractivity contribution in [1.82, 2.24) is 5.43 Å². The molecule has 0 spiro atoms. The average molecular weight is 569 g/mol. The maximum absolute atomic E-state index is 12.3. The monoisotopic (exact) mass is 568 g/mol. The van der Waals surface area contributed by atoms with Crippen molar-refractivity contribution in [1.29, 1.82) is 0 Å². The molecule has 0 bridgehead atoms. The van der Waals surface area contributed by atoms with Gasteiger partial charge in [0.25, 0.3) is 11.6 Å². The number of nitrogens with zero attached hydrogens (tertiary/aromatic N) is 2. The predicted molar refractivity (Wildman–Crippen MR) is 143 cm³/mol. The summed E-state index contributed by atoms with van der Waals surface area (Å²) >= 11 is 3.43. The predicted octanol–water partition coefficient (Wildman–Crippen LogP) is 4.77. The van der Waals surface area contributed by atoms with Gasteiger partial charge in [-0.2, -0.15) is 5.10 Å². The minimum absolute atomic E-state index is 0.131. The van der Waals surface area contributed by atoms with Crippen molar-refractivity contribution in [3.05, 3.63) is 91.9 Å². The topological polar surface area (TPSA) is 132 Å². The van der Waals surface area contributed by atoms with Crippen LogP contribution in [0.25, 0.3) is 0 Å². The van der Waals surface area contributed by atoms with Crippen LogP contribution in [0.15, 0.2) is 70.2 Å². The van der Waals surface area contributed by atoms with Crippen LogP contribution >= 0.6 is 15.9 Å². The number of amides is 2. The Morgan fingerprint density at radius 3 is 2.46 bits per heavy atom. The van der Waals surface area contributed by atoms with E-state index in [4.69, 9.17) is 9.47 Å². The Morgan fingerprint density at radius 1 is 1.05 bits per heavy atom. The first-order valence-electron chi connectivity index (χ1n) is 11.3. The third-order valence-corrected chi connectivity index (χ3v) is 5.68. The largest absolute Gasteiger partial charge is 0.490 e. The average Bonchev–Trinajstić information content (AvgIpc) is 2.86. The summed E-state index contributed by atoms with van der Waals surface area (Å²) in [5.41, 5.74) is 4.85. The quantitative estimate of drug-likeness (QED) is 0.194. The number of nitro benzene ring substituents is 1. The van der Waals surface area contributed by atoms with Gasteiger partial charge in [0.2, 0.25) is 5.91 Å². The maximum Gasteiger partial charge on any atom is 0.273 e. The summed E-state index contributed by atoms with van der Waals surface area (Å²) < 4.78 is 11.9. The molecule has 3 rings (SSSR count). The molecule has 0 heterocycles. The summed E-state index contributed by atoms with van der Waals surface area (Å²) in [5, 5.41) is 17.8. The molecule has 2 N–H and O–H groups in total. The zero-order valence-electron chi connectivity index (χ0n) is 20.2. The molecule has 10 nitrogen and oxygen atoms in total. The van der Waals surface area contributed by atoms with Gasteiger partial charge in [0, 0.05) is 27.4 Å². The van der Waals surface area contributed by atoms with Gasteiger partial charge in [-0.15, -0.1) is 0 Å². The molecule has 0 fully saturated rings. The van der Waals surface area contributed by atoms with E-state index in [1.807, 2.05) is 38.1 Å². The second kappa shape index (κ2) is 13.2. The van der Waals surface area contributed by atoms with Crippen LogP contribution in [0.5, 0.6) is 11.5 Å². The number of nitro groups is 1. The SMILES string of the molecule is CCOc1cc(/C=N/NC(=O)Cc2ccccc2[N+](=O)[O-])c(Br)cc1OCC(=O)Nc1ccc(C)cc1. The Bertz CT molecular complexity index is 1310. The molecule has 37 heavy (non-hydrogen) atoms. The zero-order chi connectivity index (χ0) is 26.8. The summed E-state index contributed by atoms with van der Waals surface area (Å²) in [6, 6.07) is 16.7. The van der Waals surface area contributed by atoms with Gasteiger partial charge >= 0.3 is 0 Å². The number of halogens is 1. The molecule has 0 aliphatic rings. The molecule has 0 aliphatic heterocycles. The van der Waals surface area contributed by atoms with Crippen LogP contribution in [0.3, 0.4) is 0 Å². The molecule has 11 heteroatoms. The van der Waals surface area contributed by atoms with Crippen LogP contribution in [0.2, 0.25) is 0 Å². The molecule has 0 aromatic heterocycles. The number of benzene rings is 3. The highest BCUT2D eigenvalue weighted by molar-refractivity contribution is 9.10. The Balaban J connectivity index is 1.63. The lowest BCUT2D eigenvalue weighted by Crippen LogP contribution is -2.20. The van der Waals surface area contributed by atoms with Crippen molar-refractivity contribution in [2.24, 2.45) is 5.10 Å². The normalized spacial score (nSPS) is 10.7. The van der Waals surface area contributed by atoms with Crippen LogP contribution in [0.4, 0.5) is 11.4 Å². The van der Waals surface area contributed by atoms with Gasteiger partial charge in [0.05, 0.1) is 24.2 Å². The van der Waals surface area contributed by atoms with Crippen molar-refractivity contribution < 1.29 is 24.0 Å². The Kier molecular flexibility index (Phi) is 9.73. The number of hydrazone groups is 1. The summed E-state index contributed by atoms with van der Waals surface area (Å²) in [4.78, 5) is 35.1. The van der Waals surface area contributed by atoms with E-state index < -0.39 is 10.8 Å². The summed E-state index contributed by atoms with van der Waals surface area (Å²) in [5.74, 6) is -0.0902. The first kappa shape index (κ1) is 27.3. The second-order valence-corrected chi connectivity index (χ2v) is 8.67. The van der Waals surface area contributed by atoms with Crippen LogP contribution in [-0.2, 0) is 16.0 Å². The second-order valence-electron chi connectivity index (χ2n) is 7.81. The van der Waals surface area contributed by atoms with Crippen LogP contribution in [-0.4, -0.2) is 36.2 Å². The highest BCUT2D eigenvalue weighted by atomic mass is 79.9. The molecule has 0 unspecified atom stereocenters. The van der Waals surface area contributed by atoms with E-state index in [9.17, 15) is 19.7 Å². The maximum atomic E-state index is 12.3. The molecule has 2 amide bonds. The highest BCUT2D eigenvalue weighted by Gasteiger charge is 2.16. The van der Waals surface area contributed by atoms with Gasteiger partial charge in [-0.3, -0.25) is 19.7 Å². The number of nitrogens with one attached hydrogen (secondary N) is 2. The molecule has 3 aromatic rings. The van der Waals surface area contributed by atoms with Gasteiger partial charge in [0.1, 0.15) is 0 Å². The van der Waals surface area contributed by atoms with E-state index in [0.717, 1.165) is 5.56 Å². The van der Waals surface area contributed by atoms with E-state index in [-0.39, 0.29) is 30.2 Å². The summed E-state index contributed by atoms with van der Waals surface area (Å²) in [7, 11) is 0. The first-order valence-corrected chi connectivity index (χ1v) is 12.1. The molecule has 0 aliphatic carbocycles. The minimum atomic E-state index is -0.534. The number of carbonyl (C=O) groups is 2. The molecule has 0 saturated heterocycles. The van der Waals surface area contributed by atoms with Gasteiger partial charge in [0.15, 0.2) is 18.1 Å². The molecule has 0 saturated carbocycles. The van der Waals surface area contributed by atoms with E-state index >= 15 is 0 Å². The molecule has 0 radical (unpaired) electrons. The summed E-state index contributed by atoms with van der Waals surface area (Å²) in [6.45, 7) is 3.90. The number of aryl methyl sites for hydroxylation is 1. The number of hydrogen-bond donors (Lipinski definition) is 2. The molecular weight excluding hydrogens is 544 g/mol. The summed E-state index contributed by atoms with van der Waals surface area (Å²) in [6.07, 6.45) is 1.20. The molecule has 0 atom stereocenters. The molecule has 192 valence electrons. The Morgan fingerprint density at radius 2 is 1.76 bits per heavy atom. The van der Waals surface area contributed by atoms with E-state index in [1.165, 1.54) is 24.4 Å². The van der Waals surface area contributed by atoms with E-state index in [1.54, 1.807) is 18.2 Å². The fourth-order valence-corrected chi connectivity index (χ4v) is 3.66. The Hall–Kier alpha value is -4.25. The van der Waals surface area contributed by atoms with Crippen LogP contribution in [0, 0.1) is 17.0 Å². The highest BCUT2D eigenvalue weighted by Crippen LogP contribution is 2.33. The van der Waals surface area contributed by atoms with E-state index in [2.05, 4.69) is 31.8 Å². The van der Waals surface area contributed by atoms with Crippen molar-refractivity contribution in [2.75, 3.05) is 18.5 Å². The van der Waals surface area contributed by atoms with Crippen LogP contribution < -0.4 is 20.2 Å². The van der Waals surface area contributed by atoms with Crippen molar-refractivity contribution >= 4 is 45.3 Å².